The highest BCUT2D eigenvalue weighted by molar-refractivity contribution is 14.1. The lowest BCUT2D eigenvalue weighted by molar-refractivity contribution is -0.139. The normalized spacial score (nSPS) is 11.7. The molecule has 2 rings (SSSR count). The standard InChI is InChI=1S/C16H14INO3/c17-13-9-5-4-8-12(13)15(19)18-14(16(20)21)10-11-6-2-1-3-7-11/h1-9,14H,10H2,(H,18,19)(H,20,21)/t14-/m0/s1. The van der Waals surface area contributed by atoms with Gasteiger partial charge in [-0.2, -0.15) is 0 Å². The number of aliphatic carboxylic acids is 1. The Morgan fingerprint density at radius 3 is 2.29 bits per heavy atom. The summed E-state index contributed by atoms with van der Waals surface area (Å²) in [6.45, 7) is 0. The number of halogens is 1. The maximum absolute atomic E-state index is 12.2. The Hall–Kier alpha value is -1.89. The van der Waals surface area contributed by atoms with Gasteiger partial charge in [0.15, 0.2) is 0 Å². The number of rotatable bonds is 5. The van der Waals surface area contributed by atoms with Crippen molar-refractivity contribution in [3.63, 3.8) is 0 Å². The highest BCUT2D eigenvalue weighted by Gasteiger charge is 2.21. The Kier molecular flexibility index (Phi) is 5.32. The lowest BCUT2D eigenvalue weighted by Gasteiger charge is -2.15. The van der Waals surface area contributed by atoms with Gasteiger partial charge in [0.1, 0.15) is 6.04 Å². The molecule has 0 aliphatic carbocycles. The number of hydrogen-bond donors (Lipinski definition) is 2. The highest BCUT2D eigenvalue weighted by atomic mass is 127. The monoisotopic (exact) mass is 395 g/mol. The van der Waals surface area contributed by atoms with Crippen molar-refractivity contribution in [1.82, 2.24) is 5.32 Å². The summed E-state index contributed by atoms with van der Waals surface area (Å²) in [5.74, 6) is -1.42. The molecule has 0 saturated heterocycles. The molecule has 0 radical (unpaired) electrons. The Labute approximate surface area is 136 Å². The van der Waals surface area contributed by atoms with E-state index in [2.05, 4.69) is 27.9 Å². The number of nitrogens with one attached hydrogen (secondary N) is 1. The third-order valence-corrected chi connectivity index (χ3v) is 3.95. The van der Waals surface area contributed by atoms with Crippen LogP contribution in [0.25, 0.3) is 0 Å². The Balaban J connectivity index is 2.12. The number of carbonyl (C=O) groups is 2. The van der Waals surface area contributed by atoms with Gasteiger partial charge in [-0.1, -0.05) is 42.5 Å². The predicted octanol–water partition coefficient (Wildman–Crippen LogP) is 2.72. The summed E-state index contributed by atoms with van der Waals surface area (Å²) in [5, 5.41) is 11.9. The van der Waals surface area contributed by atoms with Crippen LogP contribution in [0.1, 0.15) is 15.9 Å². The molecule has 1 atom stereocenters. The van der Waals surface area contributed by atoms with E-state index in [9.17, 15) is 14.7 Å². The molecule has 4 nitrogen and oxygen atoms in total. The van der Waals surface area contributed by atoms with Gasteiger partial charge in [-0.15, -0.1) is 0 Å². The molecule has 0 aromatic heterocycles. The first kappa shape index (κ1) is 15.5. The molecule has 1 amide bonds. The summed E-state index contributed by atoms with van der Waals surface area (Å²) >= 11 is 2.06. The average molecular weight is 395 g/mol. The van der Waals surface area contributed by atoms with Crippen LogP contribution in [0.2, 0.25) is 0 Å². The number of carboxylic acids is 1. The molecule has 0 bridgehead atoms. The van der Waals surface area contributed by atoms with Gasteiger partial charge in [0.05, 0.1) is 5.56 Å². The van der Waals surface area contributed by atoms with E-state index in [0.717, 1.165) is 9.13 Å². The fraction of sp³-hybridized carbons (Fsp3) is 0.125. The topological polar surface area (TPSA) is 66.4 Å². The SMILES string of the molecule is O=C(N[C@@H](Cc1ccccc1)C(=O)O)c1ccccc1I. The minimum Gasteiger partial charge on any atom is -0.480 e. The fourth-order valence-corrected chi connectivity index (χ4v) is 2.56. The van der Waals surface area contributed by atoms with E-state index < -0.39 is 12.0 Å². The molecule has 0 fully saturated rings. The van der Waals surface area contributed by atoms with Crippen molar-refractivity contribution in [3.8, 4) is 0 Å². The van der Waals surface area contributed by atoms with E-state index >= 15 is 0 Å². The van der Waals surface area contributed by atoms with Crippen LogP contribution in [0, 0.1) is 3.57 Å². The zero-order valence-electron chi connectivity index (χ0n) is 11.1. The van der Waals surface area contributed by atoms with Crippen molar-refractivity contribution in [2.45, 2.75) is 12.5 Å². The molecule has 0 spiro atoms. The van der Waals surface area contributed by atoms with Gasteiger partial charge in [-0.25, -0.2) is 4.79 Å². The smallest absolute Gasteiger partial charge is 0.326 e. The molecule has 0 heterocycles. The van der Waals surface area contributed by atoms with Crippen LogP contribution < -0.4 is 5.32 Å². The van der Waals surface area contributed by atoms with Crippen molar-refractivity contribution in [2.75, 3.05) is 0 Å². The Bertz CT molecular complexity index is 643. The predicted molar refractivity (Wildman–Crippen MR) is 88.2 cm³/mol. The van der Waals surface area contributed by atoms with Gasteiger partial charge in [-0.05, 0) is 40.3 Å². The van der Waals surface area contributed by atoms with Crippen LogP contribution in [0.3, 0.4) is 0 Å². The molecule has 5 heteroatoms. The minimum atomic E-state index is -1.04. The first-order valence-electron chi connectivity index (χ1n) is 6.40. The van der Waals surface area contributed by atoms with Crippen molar-refractivity contribution in [2.24, 2.45) is 0 Å². The number of benzene rings is 2. The van der Waals surface area contributed by atoms with Gasteiger partial charge in [0, 0.05) is 9.99 Å². The van der Waals surface area contributed by atoms with Crippen LogP contribution >= 0.6 is 22.6 Å². The summed E-state index contributed by atoms with van der Waals surface area (Å²) in [4.78, 5) is 23.5. The maximum Gasteiger partial charge on any atom is 0.326 e. The molecule has 2 aromatic carbocycles. The molecule has 0 aliphatic heterocycles. The second-order valence-corrected chi connectivity index (χ2v) is 5.70. The van der Waals surface area contributed by atoms with Crippen LogP contribution in [0.4, 0.5) is 0 Å². The average Bonchev–Trinajstić information content (AvgIpc) is 2.48. The second-order valence-electron chi connectivity index (χ2n) is 4.53. The Morgan fingerprint density at radius 1 is 1.05 bits per heavy atom. The van der Waals surface area contributed by atoms with Gasteiger partial charge in [-0.3, -0.25) is 4.79 Å². The quantitative estimate of drug-likeness (QED) is 0.766. The largest absolute Gasteiger partial charge is 0.480 e. The van der Waals surface area contributed by atoms with Crippen molar-refractivity contribution >= 4 is 34.5 Å². The van der Waals surface area contributed by atoms with Gasteiger partial charge in [0.25, 0.3) is 5.91 Å². The summed E-state index contributed by atoms with van der Waals surface area (Å²) in [5.41, 5.74) is 1.35. The van der Waals surface area contributed by atoms with Gasteiger partial charge >= 0.3 is 5.97 Å². The second kappa shape index (κ2) is 7.21. The minimum absolute atomic E-state index is 0.255. The van der Waals surface area contributed by atoms with E-state index in [-0.39, 0.29) is 12.3 Å². The molecule has 0 unspecified atom stereocenters. The molecule has 108 valence electrons. The zero-order valence-corrected chi connectivity index (χ0v) is 13.3. The van der Waals surface area contributed by atoms with E-state index in [0.29, 0.717) is 5.56 Å². The number of hydrogen-bond acceptors (Lipinski definition) is 2. The van der Waals surface area contributed by atoms with E-state index in [1.54, 1.807) is 12.1 Å². The summed E-state index contributed by atoms with van der Waals surface area (Å²) in [7, 11) is 0. The van der Waals surface area contributed by atoms with Crippen molar-refractivity contribution in [1.29, 1.82) is 0 Å². The fourth-order valence-electron chi connectivity index (χ4n) is 1.93. The van der Waals surface area contributed by atoms with Crippen molar-refractivity contribution in [3.05, 3.63) is 69.3 Å². The van der Waals surface area contributed by atoms with Gasteiger partial charge < -0.3 is 10.4 Å². The van der Waals surface area contributed by atoms with Crippen molar-refractivity contribution < 1.29 is 14.7 Å². The van der Waals surface area contributed by atoms with Gasteiger partial charge in [0.2, 0.25) is 0 Å². The van der Waals surface area contributed by atoms with E-state index in [1.807, 2.05) is 42.5 Å². The summed E-state index contributed by atoms with van der Waals surface area (Å²) < 4.78 is 0.788. The number of carbonyl (C=O) groups excluding carboxylic acids is 1. The summed E-state index contributed by atoms with van der Waals surface area (Å²) in [6.07, 6.45) is 0.255. The molecule has 0 aliphatic rings. The molecule has 0 saturated carbocycles. The first-order valence-corrected chi connectivity index (χ1v) is 7.48. The number of amides is 1. The third-order valence-electron chi connectivity index (χ3n) is 3.00. The van der Waals surface area contributed by atoms with E-state index in [1.165, 1.54) is 0 Å². The molecular formula is C16H14INO3. The molecule has 21 heavy (non-hydrogen) atoms. The zero-order chi connectivity index (χ0) is 15.2. The van der Waals surface area contributed by atoms with Crippen LogP contribution in [-0.2, 0) is 11.2 Å². The van der Waals surface area contributed by atoms with Crippen LogP contribution in [0.15, 0.2) is 54.6 Å². The highest BCUT2D eigenvalue weighted by Crippen LogP contribution is 2.12. The summed E-state index contributed by atoms with van der Waals surface area (Å²) in [6, 6.07) is 15.4. The first-order chi connectivity index (χ1) is 10.1. The Morgan fingerprint density at radius 2 is 1.67 bits per heavy atom. The number of carboxylic acid groups (broad SMARTS) is 1. The lowest BCUT2D eigenvalue weighted by atomic mass is 10.1. The lowest BCUT2D eigenvalue weighted by Crippen LogP contribution is -2.42. The van der Waals surface area contributed by atoms with E-state index in [4.69, 9.17) is 0 Å². The maximum atomic E-state index is 12.2. The molecular weight excluding hydrogens is 381 g/mol. The molecule has 2 aromatic rings. The van der Waals surface area contributed by atoms with Crippen LogP contribution in [0.5, 0.6) is 0 Å². The third kappa shape index (κ3) is 4.29. The molecule has 2 N–H and O–H groups in total. The van der Waals surface area contributed by atoms with Crippen LogP contribution in [-0.4, -0.2) is 23.0 Å².